The summed E-state index contributed by atoms with van der Waals surface area (Å²) >= 11 is 8.50. The van der Waals surface area contributed by atoms with Crippen molar-refractivity contribution >= 4 is 51.2 Å². The van der Waals surface area contributed by atoms with Crippen LogP contribution < -0.4 is 14.6 Å². The molecule has 8 rings (SSSR count). The summed E-state index contributed by atoms with van der Waals surface area (Å²) in [5.74, 6) is -0.760. The molecule has 0 radical (unpaired) electrons. The minimum absolute atomic E-state index is 0.0130. The molecule has 14 heteroatoms. The maximum Gasteiger partial charge on any atom is 0.266 e. The Kier molecular flexibility index (Phi) is 10.5. The molecule has 5 aromatic carbocycles. The van der Waals surface area contributed by atoms with Crippen LogP contribution in [0.5, 0.6) is 5.75 Å². The van der Waals surface area contributed by atoms with E-state index in [1.54, 1.807) is 67.6 Å². The number of fused-ring (bicyclic) bond motifs is 2. The second-order valence-electron chi connectivity index (χ2n) is 13.5. The Morgan fingerprint density at radius 3 is 2.36 bits per heavy atom. The third-order valence-corrected chi connectivity index (χ3v) is 11.2. The van der Waals surface area contributed by atoms with E-state index < -0.39 is 36.0 Å². The van der Waals surface area contributed by atoms with Crippen LogP contribution in [-0.4, -0.2) is 38.1 Å². The van der Waals surface area contributed by atoms with Crippen molar-refractivity contribution in [1.82, 2.24) is 19.3 Å². The smallest absolute Gasteiger partial charge is 0.266 e. The lowest BCUT2D eigenvalue weighted by atomic mass is 10.0. The van der Waals surface area contributed by atoms with Crippen molar-refractivity contribution < 1.29 is 26.7 Å². The van der Waals surface area contributed by atoms with Gasteiger partial charge in [0.05, 0.1) is 46.2 Å². The van der Waals surface area contributed by atoms with Crippen molar-refractivity contribution in [3.8, 4) is 22.6 Å². The van der Waals surface area contributed by atoms with E-state index >= 15 is 0 Å². The lowest BCUT2D eigenvalue weighted by Gasteiger charge is -2.22. The molecule has 0 aliphatic heterocycles. The highest BCUT2D eigenvalue weighted by Crippen LogP contribution is 2.44. The molecule has 7 nitrogen and oxygen atoms in total. The van der Waals surface area contributed by atoms with E-state index in [-0.39, 0.29) is 45.8 Å². The van der Waals surface area contributed by atoms with E-state index in [0.29, 0.717) is 45.4 Å². The highest BCUT2D eigenvalue weighted by Gasteiger charge is 2.31. The van der Waals surface area contributed by atoms with Gasteiger partial charge < -0.3 is 4.74 Å². The van der Waals surface area contributed by atoms with Gasteiger partial charge in [0.25, 0.3) is 12.0 Å². The minimum Gasteiger partial charge on any atom is -0.497 e. The third-order valence-electron chi connectivity index (χ3n) is 9.56. The molecule has 1 aliphatic rings. The molecular weight excluding hydrogens is 769 g/mol. The van der Waals surface area contributed by atoms with Crippen LogP contribution in [0.4, 0.5) is 27.8 Å². The molecule has 7 aromatic rings. The molecule has 2 heterocycles. The SMILES string of the molecule is COc1ccc(CN(SC2CC2)c2nn(CC(F)F)c3c(-n4c(CCc5cc(F)cc(F)c5)nc5cc(-c6ccccc6F)ccc5c4=O)ccc(Cl)c23)cc1. The summed E-state index contributed by atoms with van der Waals surface area (Å²) in [6.45, 7) is -0.433. The zero-order chi connectivity index (χ0) is 39.1. The number of benzene rings is 5. The number of ether oxygens (including phenoxy) is 1. The number of aromatic nitrogens is 4. The molecule has 2 aromatic heterocycles. The van der Waals surface area contributed by atoms with Gasteiger partial charge in [-0.1, -0.05) is 48.0 Å². The van der Waals surface area contributed by atoms with Crippen molar-refractivity contribution in [2.45, 2.75) is 50.4 Å². The fourth-order valence-corrected chi connectivity index (χ4v) is 8.19. The first-order valence-corrected chi connectivity index (χ1v) is 19.1. The van der Waals surface area contributed by atoms with Gasteiger partial charge >= 0.3 is 0 Å². The molecule has 56 heavy (non-hydrogen) atoms. The van der Waals surface area contributed by atoms with E-state index in [9.17, 15) is 26.7 Å². The predicted molar refractivity (Wildman–Crippen MR) is 211 cm³/mol. The normalized spacial score (nSPS) is 12.9. The van der Waals surface area contributed by atoms with Gasteiger partial charge in [0, 0.05) is 23.3 Å². The fourth-order valence-electron chi connectivity index (χ4n) is 6.80. The average Bonchev–Trinajstić information content (AvgIpc) is 3.92. The van der Waals surface area contributed by atoms with Gasteiger partial charge in [0.1, 0.15) is 35.6 Å². The number of anilines is 1. The van der Waals surface area contributed by atoms with Gasteiger partial charge in [-0.2, -0.15) is 5.10 Å². The van der Waals surface area contributed by atoms with E-state index in [2.05, 4.69) is 0 Å². The number of nitrogens with zero attached hydrogens (tertiary/aromatic N) is 5. The lowest BCUT2D eigenvalue weighted by Crippen LogP contribution is -2.25. The summed E-state index contributed by atoms with van der Waals surface area (Å²) in [6.07, 6.45) is -0.763. The van der Waals surface area contributed by atoms with Gasteiger partial charge in [-0.15, -0.1) is 0 Å². The first kappa shape index (κ1) is 37.5. The highest BCUT2D eigenvalue weighted by atomic mass is 35.5. The van der Waals surface area contributed by atoms with Crippen LogP contribution in [0.15, 0.2) is 102 Å². The molecule has 1 saturated carbocycles. The average molecular weight is 802 g/mol. The predicted octanol–water partition coefficient (Wildman–Crippen LogP) is 10.3. The minimum atomic E-state index is -2.81. The molecule has 0 saturated heterocycles. The highest BCUT2D eigenvalue weighted by molar-refractivity contribution is 8.01. The Morgan fingerprint density at radius 2 is 1.66 bits per heavy atom. The first-order chi connectivity index (χ1) is 27.1. The molecular formula is C42H33ClF5N5O2S. The quantitative estimate of drug-likeness (QED) is 0.0855. The van der Waals surface area contributed by atoms with Gasteiger partial charge in [-0.25, -0.2) is 26.9 Å². The zero-order valence-corrected chi connectivity index (χ0v) is 31.4. The fraction of sp³-hybridized carbons (Fsp3) is 0.214. The van der Waals surface area contributed by atoms with E-state index in [1.165, 1.54) is 27.4 Å². The second-order valence-corrected chi connectivity index (χ2v) is 15.3. The zero-order valence-electron chi connectivity index (χ0n) is 29.9. The molecule has 0 amide bonds. The standard InChI is InChI=1S/C42H33ClF5N5O2S/c1-55-29-10-6-24(7-11-29)22-52(56-30-12-13-30)41-39-33(43)15-16-36(40(39)51(50-41)23-37(47)48)53-38(17-8-25-18-27(44)21-28(45)19-25)49-35-20-26(9-14-32(35)42(53)54)31-4-2-3-5-34(31)46/h2-7,9-11,14-16,18-21,30,37H,8,12-13,17,22-23H2,1H3. The topological polar surface area (TPSA) is 65.2 Å². The van der Waals surface area contributed by atoms with Crippen LogP contribution in [0.1, 0.15) is 29.8 Å². The third kappa shape index (κ3) is 7.70. The summed E-state index contributed by atoms with van der Waals surface area (Å²) in [5, 5.41) is 5.84. The molecule has 0 spiro atoms. The van der Waals surface area contributed by atoms with Gasteiger partial charge in [0.15, 0.2) is 5.82 Å². The van der Waals surface area contributed by atoms with Crippen LogP contribution in [0.3, 0.4) is 0 Å². The van der Waals surface area contributed by atoms with Crippen molar-refractivity contribution in [2.75, 3.05) is 11.4 Å². The van der Waals surface area contributed by atoms with E-state index in [0.717, 1.165) is 24.5 Å². The number of hydrogen-bond acceptors (Lipinski definition) is 6. The lowest BCUT2D eigenvalue weighted by molar-refractivity contribution is 0.123. The summed E-state index contributed by atoms with van der Waals surface area (Å²) in [5.41, 5.74) is 2.14. The molecule has 0 N–H and O–H groups in total. The van der Waals surface area contributed by atoms with Crippen LogP contribution in [0.25, 0.3) is 38.6 Å². The van der Waals surface area contributed by atoms with Crippen molar-refractivity contribution in [3.05, 3.63) is 147 Å². The number of hydrogen-bond donors (Lipinski definition) is 0. The van der Waals surface area contributed by atoms with Crippen molar-refractivity contribution in [3.63, 3.8) is 0 Å². The molecule has 0 bridgehead atoms. The number of aryl methyl sites for hydroxylation is 2. The Balaban J connectivity index is 1.33. The number of halogens is 6. The van der Waals surface area contributed by atoms with Crippen LogP contribution in [-0.2, 0) is 25.9 Å². The molecule has 1 fully saturated rings. The summed E-state index contributed by atoms with van der Waals surface area (Å²) in [7, 11) is 1.58. The number of rotatable bonds is 13. The van der Waals surface area contributed by atoms with Crippen LogP contribution in [0.2, 0.25) is 5.02 Å². The molecule has 286 valence electrons. The first-order valence-electron chi connectivity index (χ1n) is 17.9. The Labute approximate surface area is 327 Å². The Bertz CT molecular complexity index is 2630. The second kappa shape index (κ2) is 15.6. The summed E-state index contributed by atoms with van der Waals surface area (Å²) in [6, 6.07) is 24.8. The van der Waals surface area contributed by atoms with Crippen LogP contribution in [0, 0.1) is 17.5 Å². The van der Waals surface area contributed by atoms with Gasteiger partial charge in [-0.05, 0) is 102 Å². The maximum atomic E-state index is 14.9. The Morgan fingerprint density at radius 1 is 0.911 bits per heavy atom. The largest absolute Gasteiger partial charge is 0.497 e. The van der Waals surface area contributed by atoms with Crippen molar-refractivity contribution in [1.29, 1.82) is 0 Å². The van der Waals surface area contributed by atoms with Gasteiger partial charge in [-0.3, -0.25) is 18.3 Å². The van der Waals surface area contributed by atoms with Crippen LogP contribution >= 0.6 is 23.5 Å². The summed E-state index contributed by atoms with van der Waals surface area (Å²) < 4.78 is 81.9. The summed E-state index contributed by atoms with van der Waals surface area (Å²) in [4.78, 5) is 19.6. The number of methoxy groups -OCH3 is 1. The van der Waals surface area contributed by atoms with Crippen molar-refractivity contribution in [2.24, 2.45) is 0 Å². The van der Waals surface area contributed by atoms with E-state index in [1.807, 2.05) is 28.6 Å². The van der Waals surface area contributed by atoms with Gasteiger partial charge in [0.2, 0.25) is 0 Å². The molecule has 1 aliphatic carbocycles. The molecule has 0 unspecified atom stereocenters. The number of alkyl halides is 2. The maximum absolute atomic E-state index is 14.9. The molecule has 0 atom stereocenters. The van der Waals surface area contributed by atoms with E-state index in [4.69, 9.17) is 26.4 Å². The Hall–Kier alpha value is -5.40. The monoisotopic (exact) mass is 801 g/mol.